The summed E-state index contributed by atoms with van der Waals surface area (Å²) in [6, 6.07) is 0. The first-order valence-electron chi connectivity index (χ1n) is 12.6. The van der Waals surface area contributed by atoms with Crippen LogP contribution < -0.4 is 0 Å². The van der Waals surface area contributed by atoms with E-state index in [1.54, 1.807) is 0 Å². The Labute approximate surface area is 176 Å². The van der Waals surface area contributed by atoms with Crippen molar-refractivity contribution in [3.8, 4) is 0 Å². The minimum atomic E-state index is -0.923. The fourth-order valence-electron chi connectivity index (χ4n) is 3.62. The Bertz CT molecular complexity index is 317. The van der Waals surface area contributed by atoms with Gasteiger partial charge in [0, 0.05) is 0 Å². The van der Waals surface area contributed by atoms with Gasteiger partial charge in [-0.25, -0.2) is 4.79 Å². The molecule has 0 spiro atoms. The zero-order chi connectivity index (χ0) is 20.7. The number of esters is 1. The third-order valence-corrected chi connectivity index (χ3v) is 5.60. The molecule has 0 fully saturated rings. The van der Waals surface area contributed by atoms with Gasteiger partial charge in [0.05, 0.1) is 6.61 Å². The predicted octanol–water partition coefficient (Wildman–Crippen LogP) is 7.73. The quantitative estimate of drug-likeness (QED) is 0.150. The number of hydrogen-bond donors (Lipinski definition) is 1. The van der Waals surface area contributed by atoms with E-state index in [-0.39, 0.29) is 0 Å². The second-order valence-corrected chi connectivity index (χ2v) is 8.48. The molecule has 168 valence electrons. The zero-order valence-electron chi connectivity index (χ0n) is 19.2. The highest BCUT2D eigenvalue weighted by Crippen LogP contribution is 2.14. The van der Waals surface area contributed by atoms with E-state index in [0.717, 1.165) is 25.7 Å². The molecule has 0 aromatic carbocycles. The average Bonchev–Trinajstić information content (AvgIpc) is 2.70. The number of unbranched alkanes of at least 4 members (excludes halogenated alkanes) is 17. The summed E-state index contributed by atoms with van der Waals surface area (Å²) in [7, 11) is 0. The standard InChI is InChI=1S/C25H50O3/c1-3-5-7-9-10-11-12-13-14-15-16-17-18-20-22-24(26)25(27)28-23-21-19-8-6-4-2/h24,26H,3-23H2,1-2H3. The number of rotatable bonds is 22. The number of hydrogen-bond acceptors (Lipinski definition) is 3. The van der Waals surface area contributed by atoms with Crippen LogP contribution in [0.25, 0.3) is 0 Å². The number of carbonyl (C=O) groups is 1. The number of carbonyl (C=O) groups excluding carboxylic acids is 1. The van der Waals surface area contributed by atoms with Crippen LogP contribution in [0.3, 0.4) is 0 Å². The third-order valence-electron chi connectivity index (χ3n) is 5.60. The fourth-order valence-corrected chi connectivity index (χ4v) is 3.62. The molecule has 0 aliphatic carbocycles. The molecule has 0 heterocycles. The molecular formula is C25H50O3. The van der Waals surface area contributed by atoms with Gasteiger partial charge >= 0.3 is 5.97 Å². The summed E-state index contributed by atoms with van der Waals surface area (Å²) in [5.41, 5.74) is 0. The topological polar surface area (TPSA) is 46.5 Å². The van der Waals surface area contributed by atoms with Gasteiger partial charge in [0.1, 0.15) is 0 Å². The molecule has 0 rings (SSSR count). The lowest BCUT2D eigenvalue weighted by molar-refractivity contribution is -0.154. The Hall–Kier alpha value is -0.570. The summed E-state index contributed by atoms with van der Waals surface area (Å²) >= 11 is 0. The first-order valence-corrected chi connectivity index (χ1v) is 12.6. The van der Waals surface area contributed by atoms with E-state index in [1.807, 2.05) is 0 Å². The SMILES string of the molecule is CCCCCCCCCCCCCCCCC(O)C(=O)OCCCCCCC. The number of aliphatic hydroxyl groups excluding tert-OH is 1. The van der Waals surface area contributed by atoms with Crippen molar-refractivity contribution in [2.75, 3.05) is 6.61 Å². The molecule has 0 aromatic heterocycles. The average molecular weight is 399 g/mol. The molecule has 0 amide bonds. The van der Waals surface area contributed by atoms with Gasteiger partial charge in [-0.15, -0.1) is 0 Å². The highest BCUT2D eigenvalue weighted by molar-refractivity contribution is 5.74. The highest BCUT2D eigenvalue weighted by Gasteiger charge is 2.15. The van der Waals surface area contributed by atoms with Gasteiger partial charge in [-0.2, -0.15) is 0 Å². The summed E-state index contributed by atoms with van der Waals surface area (Å²) in [4.78, 5) is 11.7. The highest BCUT2D eigenvalue weighted by atomic mass is 16.5. The van der Waals surface area contributed by atoms with Crippen molar-refractivity contribution in [2.24, 2.45) is 0 Å². The number of ether oxygens (including phenoxy) is 1. The van der Waals surface area contributed by atoms with Crippen LogP contribution in [0.1, 0.15) is 142 Å². The molecule has 3 nitrogen and oxygen atoms in total. The minimum absolute atomic E-state index is 0.426. The second-order valence-electron chi connectivity index (χ2n) is 8.48. The van der Waals surface area contributed by atoms with Crippen molar-refractivity contribution in [1.29, 1.82) is 0 Å². The van der Waals surface area contributed by atoms with E-state index in [4.69, 9.17) is 4.74 Å². The molecular weight excluding hydrogens is 348 g/mol. The van der Waals surface area contributed by atoms with Crippen molar-refractivity contribution < 1.29 is 14.6 Å². The van der Waals surface area contributed by atoms with Crippen molar-refractivity contribution in [3.63, 3.8) is 0 Å². The lowest BCUT2D eigenvalue weighted by Crippen LogP contribution is -2.23. The third kappa shape index (κ3) is 20.2. The normalized spacial score (nSPS) is 12.2. The predicted molar refractivity (Wildman–Crippen MR) is 121 cm³/mol. The van der Waals surface area contributed by atoms with Crippen molar-refractivity contribution in [1.82, 2.24) is 0 Å². The molecule has 0 saturated heterocycles. The molecule has 0 aliphatic heterocycles. The van der Waals surface area contributed by atoms with Crippen LogP contribution in [-0.2, 0) is 9.53 Å². The van der Waals surface area contributed by atoms with Crippen molar-refractivity contribution in [3.05, 3.63) is 0 Å². The molecule has 1 unspecified atom stereocenters. The van der Waals surface area contributed by atoms with Gasteiger partial charge in [-0.3, -0.25) is 0 Å². The zero-order valence-corrected chi connectivity index (χ0v) is 19.2. The van der Waals surface area contributed by atoms with E-state index < -0.39 is 12.1 Å². The Morgan fingerprint density at radius 1 is 0.607 bits per heavy atom. The van der Waals surface area contributed by atoms with Crippen LogP contribution in [0.5, 0.6) is 0 Å². The summed E-state index contributed by atoms with van der Waals surface area (Å²) < 4.78 is 5.16. The van der Waals surface area contributed by atoms with E-state index in [2.05, 4.69) is 13.8 Å². The van der Waals surface area contributed by atoms with Crippen LogP contribution in [0.4, 0.5) is 0 Å². The Morgan fingerprint density at radius 3 is 1.39 bits per heavy atom. The van der Waals surface area contributed by atoms with E-state index >= 15 is 0 Å². The first-order chi connectivity index (χ1) is 13.7. The van der Waals surface area contributed by atoms with Crippen LogP contribution in [0, 0.1) is 0 Å². The molecule has 0 saturated carbocycles. The van der Waals surface area contributed by atoms with Crippen molar-refractivity contribution >= 4 is 5.97 Å². The Balaban J connectivity index is 3.27. The molecule has 0 bridgehead atoms. The monoisotopic (exact) mass is 398 g/mol. The van der Waals surface area contributed by atoms with Gasteiger partial charge in [0.25, 0.3) is 0 Å². The van der Waals surface area contributed by atoms with Crippen molar-refractivity contribution in [2.45, 2.75) is 148 Å². The Kier molecular flexibility index (Phi) is 22.3. The smallest absolute Gasteiger partial charge is 0.334 e. The van der Waals surface area contributed by atoms with Gasteiger partial charge in [-0.1, -0.05) is 129 Å². The van der Waals surface area contributed by atoms with E-state index in [0.29, 0.717) is 13.0 Å². The molecule has 0 aromatic rings. The maximum absolute atomic E-state index is 11.7. The summed E-state index contributed by atoms with van der Waals surface area (Å²) in [6.45, 7) is 4.92. The lowest BCUT2D eigenvalue weighted by atomic mass is 10.0. The van der Waals surface area contributed by atoms with Crippen LogP contribution in [0.15, 0.2) is 0 Å². The summed E-state index contributed by atoms with van der Waals surface area (Å²) in [5, 5.41) is 9.88. The summed E-state index contributed by atoms with van der Waals surface area (Å²) in [5.74, 6) is -0.426. The molecule has 1 atom stereocenters. The largest absolute Gasteiger partial charge is 0.464 e. The maximum Gasteiger partial charge on any atom is 0.334 e. The Morgan fingerprint density at radius 2 is 0.964 bits per heavy atom. The molecule has 3 heteroatoms. The lowest BCUT2D eigenvalue weighted by Gasteiger charge is -2.10. The van der Waals surface area contributed by atoms with Gasteiger partial charge in [0.2, 0.25) is 0 Å². The van der Waals surface area contributed by atoms with Gasteiger partial charge in [0.15, 0.2) is 6.10 Å². The molecule has 0 aliphatic rings. The van der Waals surface area contributed by atoms with Crippen LogP contribution >= 0.6 is 0 Å². The van der Waals surface area contributed by atoms with Crippen LogP contribution in [0.2, 0.25) is 0 Å². The van der Waals surface area contributed by atoms with E-state index in [9.17, 15) is 9.90 Å². The number of aliphatic hydroxyl groups is 1. The van der Waals surface area contributed by atoms with Crippen LogP contribution in [-0.4, -0.2) is 23.8 Å². The van der Waals surface area contributed by atoms with Gasteiger partial charge < -0.3 is 9.84 Å². The molecule has 1 N–H and O–H groups in total. The fraction of sp³-hybridized carbons (Fsp3) is 0.960. The first kappa shape index (κ1) is 27.4. The molecule has 0 radical (unpaired) electrons. The van der Waals surface area contributed by atoms with Gasteiger partial charge in [-0.05, 0) is 12.8 Å². The molecule has 28 heavy (non-hydrogen) atoms. The minimum Gasteiger partial charge on any atom is -0.464 e. The second kappa shape index (κ2) is 22.7. The maximum atomic E-state index is 11.7. The van der Waals surface area contributed by atoms with E-state index in [1.165, 1.54) is 96.3 Å². The summed E-state index contributed by atoms with van der Waals surface area (Å²) in [6.07, 6.45) is 23.7.